The molecule has 24 heteroatoms. The molecule has 2 aromatic carbocycles. The number of anilines is 4. The van der Waals surface area contributed by atoms with Crippen molar-refractivity contribution in [2.45, 2.75) is 115 Å². The monoisotopic (exact) mass is 1200 g/mol. The lowest BCUT2D eigenvalue weighted by Crippen LogP contribution is -2.41. The molecule has 4 amide bonds. The third-order valence-corrected chi connectivity index (χ3v) is 17.6. The molecular weight excluding hydrogens is 1120 g/mol. The Balaban J connectivity index is 0.000000160. The normalized spacial score (nSPS) is 24.5. The molecule has 11 rings (SSSR count). The number of nitrogens with zero attached hydrogens (tertiary/aromatic N) is 6. The molecule has 0 bridgehead atoms. The Bertz CT molecular complexity index is 2930. The van der Waals surface area contributed by atoms with Crippen molar-refractivity contribution < 1.29 is 64.9 Å². The lowest BCUT2D eigenvalue weighted by Gasteiger charge is -2.32. The molecule has 5 saturated heterocycles. The van der Waals surface area contributed by atoms with Crippen LogP contribution in [0.25, 0.3) is 11.1 Å². The van der Waals surface area contributed by atoms with Crippen LogP contribution in [-0.4, -0.2) is 165 Å². The number of ether oxygens (including phenoxy) is 2. The summed E-state index contributed by atoms with van der Waals surface area (Å²) < 4.78 is 99.0. The van der Waals surface area contributed by atoms with E-state index in [1.54, 1.807) is 12.1 Å². The first-order valence-corrected chi connectivity index (χ1v) is 29.5. The molecular formula is C60H78BClF6N8O8. The summed E-state index contributed by atoms with van der Waals surface area (Å²) in [5.41, 5.74) is 6.92. The van der Waals surface area contributed by atoms with Crippen LogP contribution in [0.5, 0.6) is 0 Å². The number of benzene rings is 2. The number of hydrogen-bond donors (Lipinski definition) is 4. The number of carbonyl (C=O) groups excluding carboxylic acids is 2. The maximum Gasteiger partial charge on any atom is 0.495 e. The fourth-order valence-corrected chi connectivity index (χ4v) is 11.7. The van der Waals surface area contributed by atoms with Crippen LogP contribution < -0.4 is 25.9 Å². The maximum atomic E-state index is 12.8. The van der Waals surface area contributed by atoms with Crippen LogP contribution in [0.4, 0.5) is 58.9 Å². The number of amides is 4. The Labute approximate surface area is 493 Å². The van der Waals surface area contributed by atoms with Crippen molar-refractivity contribution in [3.05, 3.63) is 88.2 Å². The van der Waals surface area contributed by atoms with Gasteiger partial charge in [0.15, 0.2) is 0 Å². The first-order chi connectivity index (χ1) is 39.7. The topological polar surface area (TPSA) is 174 Å². The highest BCUT2D eigenvalue weighted by atomic mass is 35.5. The molecule has 458 valence electrons. The van der Waals surface area contributed by atoms with Gasteiger partial charge in [-0.2, -0.15) is 26.3 Å². The first-order valence-electron chi connectivity index (χ1n) is 29.1. The third-order valence-electron chi connectivity index (χ3n) is 17.4. The standard InChI is InChI=1S/C27H33F3N4O3.C20H28BF3N2O3.C13H17ClN2O2/c1-17-2-3-21(31-26(36)34-5-4-18(15-34)14-27(28,29)30)13-22(17)19-11-24(23-10-20(23)16-35)32-25(12-19)33-6-8-37-9-7-33;1-13-6-7-15(10-16(13)21-28-18(2,3)19(4,5)29-21)25-17(27)26-9-8-14(12-26)11-20(22,23)24;14-10-6-12(11-5-9(11)8-17)15-13(7-10)16-1-3-18-4-2-16/h2-3,11-13,18,20,23,35H,4-10,14-16H2,1H3,(H,31,36);6-7,10,14H,8-9,11-12H2,1-5H3,(H,25,27);6-7,9,11,17H,1-5,8H2/t18-,20+,23+;14-;9-,11-/m001/s1. The number of carbonyl (C=O) groups is 2. The van der Waals surface area contributed by atoms with Crippen molar-refractivity contribution in [3.8, 4) is 11.1 Å². The van der Waals surface area contributed by atoms with E-state index in [9.17, 15) is 41.0 Å². The van der Waals surface area contributed by atoms with Gasteiger partial charge in [0.2, 0.25) is 0 Å². The van der Waals surface area contributed by atoms with E-state index in [1.807, 2.05) is 77.9 Å². The Hall–Kier alpha value is -5.43. The van der Waals surface area contributed by atoms with Gasteiger partial charge in [-0.15, -0.1) is 0 Å². The van der Waals surface area contributed by atoms with Crippen LogP contribution in [-0.2, 0) is 18.8 Å². The van der Waals surface area contributed by atoms with E-state index in [0.29, 0.717) is 62.4 Å². The number of aliphatic hydroxyl groups excluding tert-OH is 2. The molecule has 5 aliphatic heterocycles. The van der Waals surface area contributed by atoms with Gasteiger partial charge in [-0.25, -0.2) is 19.6 Å². The molecule has 0 spiro atoms. The van der Waals surface area contributed by atoms with Gasteiger partial charge in [0, 0.05) is 118 Å². The number of hydrogen-bond acceptors (Lipinski definition) is 12. The highest BCUT2D eigenvalue weighted by Gasteiger charge is 2.52. The summed E-state index contributed by atoms with van der Waals surface area (Å²) in [4.78, 5) is 42.3. The van der Waals surface area contributed by atoms with Gasteiger partial charge in [-0.05, 0) is 162 Å². The van der Waals surface area contributed by atoms with Crippen LogP contribution in [0.1, 0.15) is 101 Å². The number of morpholine rings is 2. The molecule has 0 radical (unpaired) electrons. The minimum Gasteiger partial charge on any atom is -0.399 e. The molecule has 7 aliphatic rings. The maximum absolute atomic E-state index is 12.8. The fourth-order valence-electron chi connectivity index (χ4n) is 11.5. The predicted octanol–water partition coefficient (Wildman–Crippen LogP) is 10.6. The number of aliphatic hydroxyl groups is 2. The molecule has 0 unspecified atom stereocenters. The molecule has 7 fully saturated rings. The number of pyridine rings is 2. The largest absolute Gasteiger partial charge is 0.495 e. The molecule has 2 aromatic heterocycles. The minimum atomic E-state index is -4.22. The number of nitrogens with one attached hydrogen (secondary N) is 2. The van der Waals surface area contributed by atoms with Crippen molar-refractivity contribution in [2.75, 3.05) is 112 Å². The number of rotatable bonds is 12. The highest BCUT2D eigenvalue weighted by Crippen LogP contribution is 2.49. The van der Waals surface area contributed by atoms with E-state index in [2.05, 4.69) is 32.6 Å². The Morgan fingerprint density at radius 3 is 1.56 bits per heavy atom. The van der Waals surface area contributed by atoms with E-state index in [4.69, 9.17) is 45.5 Å². The molecule has 6 atom stereocenters. The van der Waals surface area contributed by atoms with Gasteiger partial charge in [0.05, 0.1) is 37.6 Å². The summed E-state index contributed by atoms with van der Waals surface area (Å²) in [6.45, 7) is 19.1. The number of aromatic nitrogens is 2. The van der Waals surface area contributed by atoms with Crippen LogP contribution >= 0.6 is 11.6 Å². The molecule has 7 heterocycles. The first kappa shape index (κ1) is 63.1. The second kappa shape index (κ2) is 26.3. The SMILES string of the molecule is Cc1ccc(NC(=O)N2CC[C@@H](CC(F)(F)F)C2)cc1-c1cc([C@@H]2C[C@@H]2CO)nc(N2CCOCC2)c1.Cc1ccc(NC(=O)N2CC[C@@H](CC(F)(F)F)C2)cc1B1OC(C)(C)C(C)(C)O1.OC[C@H]1C[C@H]1c1cc(Cl)cc(N2CCOCC2)n1. The molecule has 4 aromatic rings. The predicted molar refractivity (Wildman–Crippen MR) is 311 cm³/mol. The number of urea groups is 2. The zero-order valence-corrected chi connectivity index (χ0v) is 49.4. The second-order valence-corrected chi connectivity index (χ2v) is 24.8. The quantitative estimate of drug-likeness (QED) is 0.0782. The average molecular weight is 1200 g/mol. The summed E-state index contributed by atoms with van der Waals surface area (Å²) in [5, 5.41) is 25.2. The van der Waals surface area contributed by atoms with E-state index in [-0.39, 0.29) is 44.2 Å². The van der Waals surface area contributed by atoms with E-state index in [1.165, 1.54) is 9.80 Å². The smallest absolute Gasteiger partial charge is 0.399 e. The zero-order chi connectivity index (χ0) is 60.3. The average Bonchev–Trinajstić information content (AvgIpc) is 2.55. The summed E-state index contributed by atoms with van der Waals surface area (Å²) in [6, 6.07) is 18.3. The van der Waals surface area contributed by atoms with Crippen LogP contribution in [0.2, 0.25) is 5.02 Å². The minimum absolute atomic E-state index is 0.105. The molecule has 4 N–H and O–H groups in total. The van der Waals surface area contributed by atoms with Crippen molar-refractivity contribution in [3.63, 3.8) is 0 Å². The van der Waals surface area contributed by atoms with E-state index < -0.39 is 61.4 Å². The Morgan fingerprint density at radius 2 is 1.10 bits per heavy atom. The molecule has 16 nitrogen and oxygen atoms in total. The zero-order valence-electron chi connectivity index (χ0n) is 48.6. The second-order valence-electron chi connectivity index (χ2n) is 24.4. The summed E-state index contributed by atoms with van der Waals surface area (Å²) in [7, 11) is -0.556. The highest BCUT2D eigenvalue weighted by molar-refractivity contribution is 6.62. The van der Waals surface area contributed by atoms with Crippen LogP contribution in [0.15, 0.2) is 60.7 Å². The molecule has 2 saturated carbocycles. The van der Waals surface area contributed by atoms with Gasteiger partial charge >= 0.3 is 31.5 Å². The van der Waals surface area contributed by atoms with Gasteiger partial charge in [-0.3, -0.25) is 0 Å². The Morgan fingerprint density at radius 1 is 0.643 bits per heavy atom. The van der Waals surface area contributed by atoms with Crippen molar-refractivity contribution in [1.82, 2.24) is 19.8 Å². The fraction of sp³-hybridized carbons (Fsp3) is 0.600. The van der Waals surface area contributed by atoms with Gasteiger partial charge in [0.25, 0.3) is 0 Å². The van der Waals surface area contributed by atoms with E-state index in [0.717, 1.165) is 108 Å². The van der Waals surface area contributed by atoms with Gasteiger partial charge in [-0.1, -0.05) is 29.3 Å². The van der Waals surface area contributed by atoms with Crippen molar-refractivity contribution >= 4 is 59.3 Å². The lowest BCUT2D eigenvalue weighted by molar-refractivity contribution is -0.144. The summed E-state index contributed by atoms with van der Waals surface area (Å²) >= 11 is 6.17. The van der Waals surface area contributed by atoms with Crippen LogP contribution in [0.3, 0.4) is 0 Å². The van der Waals surface area contributed by atoms with Crippen LogP contribution in [0, 0.1) is 37.5 Å². The third kappa shape index (κ3) is 16.3. The number of aryl methyl sites for hydroxylation is 2. The number of likely N-dealkylation sites (tertiary alicyclic amines) is 2. The number of halogens is 7. The van der Waals surface area contributed by atoms with Crippen molar-refractivity contribution in [2.24, 2.45) is 23.7 Å². The van der Waals surface area contributed by atoms with E-state index >= 15 is 0 Å². The van der Waals surface area contributed by atoms with Crippen molar-refractivity contribution in [1.29, 1.82) is 0 Å². The summed E-state index contributed by atoms with van der Waals surface area (Å²) in [5.74, 6) is 1.92. The summed E-state index contributed by atoms with van der Waals surface area (Å²) in [6.07, 6.45) is -7.49. The van der Waals surface area contributed by atoms with Gasteiger partial charge in [0.1, 0.15) is 11.6 Å². The molecule has 84 heavy (non-hydrogen) atoms. The van der Waals surface area contributed by atoms with Gasteiger partial charge < -0.3 is 59.2 Å². The number of alkyl halides is 6. The molecule has 2 aliphatic carbocycles. The lowest BCUT2D eigenvalue weighted by atomic mass is 9.76. The Kier molecular flexibility index (Phi) is 19.7.